The Morgan fingerprint density at radius 1 is 0.980 bits per heavy atom. The molecule has 5 rings (SSSR count). The van der Waals surface area contributed by atoms with Crippen molar-refractivity contribution >= 4 is 29.1 Å². The number of aromatic nitrogens is 1. The van der Waals surface area contributed by atoms with Crippen LogP contribution in [0.3, 0.4) is 0 Å². The van der Waals surface area contributed by atoms with Crippen molar-refractivity contribution in [1.29, 1.82) is 0 Å². The third kappa shape index (κ3) is 10.2. The molecule has 1 amide bonds. The number of ether oxygens (including phenoxy) is 4. The van der Waals surface area contributed by atoms with Crippen LogP contribution < -0.4 is 20.3 Å². The van der Waals surface area contributed by atoms with Crippen LogP contribution in [0.25, 0.3) is 0 Å². The first kappa shape index (κ1) is 38.1. The van der Waals surface area contributed by atoms with E-state index in [2.05, 4.69) is 11.4 Å². The highest BCUT2D eigenvalue weighted by Gasteiger charge is 2.47. The van der Waals surface area contributed by atoms with E-state index in [-0.39, 0.29) is 37.1 Å². The van der Waals surface area contributed by atoms with Crippen molar-refractivity contribution in [3.63, 3.8) is 0 Å². The van der Waals surface area contributed by atoms with E-state index in [9.17, 15) is 14.7 Å². The number of hydrogen-bond donors (Lipinski definition) is 2. The van der Waals surface area contributed by atoms with E-state index in [0.29, 0.717) is 67.2 Å². The van der Waals surface area contributed by atoms with Crippen molar-refractivity contribution in [2.45, 2.75) is 70.2 Å². The van der Waals surface area contributed by atoms with Crippen LogP contribution in [0.1, 0.15) is 47.9 Å². The van der Waals surface area contributed by atoms with E-state index in [1.165, 1.54) is 6.07 Å². The summed E-state index contributed by atoms with van der Waals surface area (Å²) in [5.41, 5.74) is 2.18. The Balaban J connectivity index is 1.28. The monoisotopic (exact) mass is 729 g/mol. The van der Waals surface area contributed by atoms with Gasteiger partial charge < -0.3 is 38.8 Å². The number of hydrogen-bond acceptors (Lipinski definition) is 8. The number of rotatable bonds is 18. The zero-order valence-corrected chi connectivity index (χ0v) is 30.7. The van der Waals surface area contributed by atoms with Crippen molar-refractivity contribution in [2.24, 2.45) is 5.92 Å². The predicted octanol–water partition coefficient (Wildman–Crippen LogP) is 5.22. The highest BCUT2D eigenvalue weighted by molar-refractivity contribution is 6.37. The van der Waals surface area contributed by atoms with Crippen LogP contribution in [0.15, 0.2) is 53.5 Å². The number of benzene rings is 2. The molecule has 1 aliphatic heterocycles. The Bertz CT molecular complexity index is 1610. The van der Waals surface area contributed by atoms with Gasteiger partial charge in [0, 0.05) is 58.6 Å². The van der Waals surface area contributed by atoms with Crippen LogP contribution in [-0.4, -0.2) is 85.9 Å². The summed E-state index contributed by atoms with van der Waals surface area (Å²) in [7, 11) is 3.34. The van der Waals surface area contributed by atoms with Crippen molar-refractivity contribution in [3.05, 3.63) is 91.3 Å². The molecule has 2 N–H and O–H groups in total. The lowest BCUT2D eigenvalue weighted by Gasteiger charge is -2.42. The number of nitrogens with zero attached hydrogens (tertiary/aromatic N) is 2. The van der Waals surface area contributed by atoms with Gasteiger partial charge in [-0.25, -0.2) is 0 Å². The molecule has 3 aromatic rings. The molecule has 0 radical (unpaired) electrons. The largest absolute Gasteiger partial charge is 0.491 e. The van der Waals surface area contributed by atoms with Crippen LogP contribution in [-0.2, 0) is 40.2 Å². The second-order valence-corrected chi connectivity index (χ2v) is 14.2. The topological polar surface area (TPSA) is 111 Å². The Morgan fingerprint density at radius 2 is 1.72 bits per heavy atom. The lowest BCUT2D eigenvalue weighted by molar-refractivity contribution is -0.149. The fraction of sp³-hybridized carbons (Fsp3) is 0.526. The molecule has 1 aliphatic carbocycles. The second kappa shape index (κ2) is 17.9. The summed E-state index contributed by atoms with van der Waals surface area (Å²) in [5.74, 6) is 0.389. The number of carbonyl (C=O) groups is 1. The number of aryl methyl sites for hydroxylation is 2. The highest BCUT2D eigenvalue weighted by Crippen LogP contribution is 2.36. The van der Waals surface area contributed by atoms with E-state index >= 15 is 0 Å². The van der Waals surface area contributed by atoms with Gasteiger partial charge in [0.15, 0.2) is 5.75 Å². The van der Waals surface area contributed by atoms with Gasteiger partial charge in [-0.1, -0.05) is 29.3 Å². The maximum absolute atomic E-state index is 14.4. The first-order chi connectivity index (χ1) is 24.1. The molecule has 2 fully saturated rings. The zero-order valence-electron chi connectivity index (χ0n) is 29.2. The molecule has 1 aromatic heterocycles. The molecule has 1 saturated heterocycles. The summed E-state index contributed by atoms with van der Waals surface area (Å²) in [6.45, 7) is 5.31. The summed E-state index contributed by atoms with van der Waals surface area (Å²) in [6, 6.07) is 13.2. The van der Waals surface area contributed by atoms with E-state index in [1.54, 1.807) is 37.1 Å². The van der Waals surface area contributed by atoms with Gasteiger partial charge in [0.25, 0.3) is 5.56 Å². The van der Waals surface area contributed by atoms with Gasteiger partial charge in [0.1, 0.15) is 19.0 Å². The summed E-state index contributed by atoms with van der Waals surface area (Å²) >= 11 is 12.6. The molecule has 12 heteroatoms. The van der Waals surface area contributed by atoms with Gasteiger partial charge in [-0.05, 0) is 98.2 Å². The minimum Gasteiger partial charge on any atom is -0.491 e. The number of methoxy groups -OCH3 is 2. The van der Waals surface area contributed by atoms with Crippen molar-refractivity contribution < 1.29 is 28.8 Å². The van der Waals surface area contributed by atoms with Crippen molar-refractivity contribution in [3.8, 4) is 11.5 Å². The average Bonchev–Trinajstić information content (AvgIpc) is 3.91. The maximum Gasteiger partial charge on any atom is 0.250 e. The number of aliphatic hydroxyl groups is 1. The molecule has 10 nitrogen and oxygen atoms in total. The molecule has 0 bridgehead atoms. The van der Waals surface area contributed by atoms with Crippen LogP contribution in [0.4, 0.5) is 0 Å². The first-order valence-electron chi connectivity index (χ1n) is 17.3. The minimum absolute atomic E-state index is 0.0762. The third-order valence-corrected chi connectivity index (χ3v) is 9.90. The second-order valence-electron chi connectivity index (χ2n) is 13.4. The molecule has 0 spiro atoms. The van der Waals surface area contributed by atoms with Gasteiger partial charge >= 0.3 is 0 Å². The molecule has 2 aromatic carbocycles. The average molecular weight is 731 g/mol. The summed E-state index contributed by atoms with van der Waals surface area (Å²) < 4.78 is 23.8. The van der Waals surface area contributed by atoms with Crippen molar-refractivity contribution in [2.75, 3.05) is 53.7 Å². The molecule has 2 aliphatic rings. The number of pyridine rings is 1. The fourth-order valence-electron chi connectivity index (χ4n) is 6.59. The number of nitrogens with one attached hydrogen (secondary N) is 1. The third-order valence-electron chi connectivity index (χ3n) is 9.34. The number of piperidine rings is 1. The maximum atomic E-state index is 14.4. The lowest BCUT2D eigenvalue weighted by Crippen LogP contribution is -2.58. The quantitative estimate of drug-likeness (QED) is 0.172. The van der Waals surface area contributed by atoms with Gasteiger partial charge in [-0.15, -0.1) is 0 Å². The number of carbonyl (C=O) groups excluding carboxylic acids is 1. The zero-order chi connectivity index (χ0) is 35.7. The molecule has 50 heavy (non-hydrogen) atoms. The smallest absolute Gasteiger partial charge is 0.250 e. The summed E-state index contributed by atoms with van der Waals surface area (Å²) in [5, 5.41) is 16.3. The molecule has 2 unspecified atom stereocenters. The molecular formula is C38H49Cl2N3O7. The molecule has 272 valence electrons. The van der Waals surface area contributed by atoms with Crippen LogP contribution in [0.2, 0.25) is 10.0 Å². The van der Waals surface area contributed by atoms with Gasteiger partial charge in [-0.2, -0.15) is 0 Å². The number of amides is 1. The molecular weight excluding hydrogens is 681 g/mol. The van der Waals surface area contributed by atoms with E-state index in [4.69, 9.17) is 42.1 Å². The minimum atomic E-state index is -1.31. The Kier molecular flexibility index (Phi) is 13.6. The fourth-order valence-corrected chi connectivity index (χ4v) is 7.30. The Labute approximate surface area is 304 Å². The Morgan fingerprint density at radius 3 is 2.42 bits per heavy atom. The van der Waals surface area contributed by atoms with Crippen LogP contribution in [0.5, 0.6) is 11.5 Å². The lowest BCUT2D eigenvalue weighted by atomic mass is 9.76. The van der Waals surface area contributed by atoms with E-state index in [1.807, 2.05) is 30.0 Å². The number of halogens is 2. The van der Waals surface area contributed by atoms with Crippen LogP contribution in [0, 0.1) is 12.8 Å². The van der Waals surface area contributed by atoms with E-state index in [0.717, 1.165) is 48.1 Å². The van der Waals surface area contributed by atoms with Gasteiger partial charge in [-0.3, -0.25) is 9.59 Å². The van der Waals surface area contributed by atoms with Crippen molar-refractivity contribution in [1.82, 2.24) is 14.8 Å². The molecule has 2 heterocycles. The summed E-state index contributed by atoms with van der Waals surface area (Å²) in [4.78, 5) is 29.4. The SMILES string of the molecule is COCCCc1cc(CN(C(=O)C2CNCCC2(O)Cc2ccn(CCOc3c(Cl)cc(C)cc3Cl)c(=O)c2)C2CC2)cc(OCCOC)c1. The van der Waals surface area contributed by atoms with E-state index < -0.39 is 11.5 Å². The summed E-state index contributed by atoms with van der Waals surface area (Å²) in [6.07, 6.45) is 5.84. The molecule has 1 saturated carbocycles. The Hall–Kier alpha value is -3.12. The molecule has 2 atom stereocenters. The highest BCUT2D eigenvalue weighted by atomic mass is 35.5. The van der Waals surface area contributed by atoms with Gasteiger partial charge in [0.05, 0.1) is 34.7 Å². The van der Waals surface area contributed by atoms with Gasteiger partial charge in [0.2, 0.25) is 5.91 Å². The predicted molar refractivity (Wildman–Crippen MR) is 195 cm³/mol. The standard InChI is InChI=1S/C38H49Cl2N3O7/c1-26-17-33(39)36(34(40)18-26)50-14-12-42-11-8-28(22-35(42)44)23-38(46)9-10-41-24-32(38)37(45)43(30-6-7-30)25-29-19-27(5-4-13-47-2)20-31(21-29)49-16-15-48-3/h8,11,17-22,30,32,41,46H,4-7,9-10,12-16,23-25H2,1-3H3. The van der Waals surface area contributed by atoms with Crippen LogP contribution >= 0.6 is 23.2 Å². The normalized spacial score (nSPS) is 19.0. The first-order valence-corrected chi connectivity index (χ1v) is 18.1.